The van der Waals surface area contributed by atoms with Gasteiger partial charge in [-0.3, -0.25) is 4.98 Å². The molecule has 4 nitrogen and oxygen atoms in total. The zero-order valence-corrected chi connectivity index (χ0v) is 6.57. The molecule has 0 aliphatic rings. The van der Waals surface area contributed by atoms with Gasteiger partial charge in [-0.05, 0) is 11.6 Å². The lowest BCUT2D eigenvalue weighted by Gasteiger charge is -2.07. The summed E-state index contributed by atoms with van der Waals surface area (Å²) in [6.45, 7) is 0.358. The fourth-order valence-electron chi connectivity index (χ4n) is 0.858. The molecule has 1 rings (SSSR count). The van der Waals surface area contributed by atoms with Gasteiger partial charge in [0.1, 0.15) is 6.07 Å². The molecule has 0 aromatic carbocycles. The van der Waals surface area contributed by atoms with Gasteiger partial charge in [0.25, 0.3) is 0 Å². The maximum atomic E-state index is 8.55. The van der Waals surface area contributed by atoms with Crippen LogP contribution in [0.4, 0.5) is 0 Å². The second kappa shape index (κ2) is 3.81. The van der Waals surface area contributed by atoms with E-state index in [2.05, 4.69) is 4.98 Å². The molecule has 1 aromatic rings. The molecule has 1 aromatic heterocycles. The first-order valence-corrected chi connectivity index (χ1v) is 3.58. The van der Waals surface area contributed by atoms with Crippen molar-refractivity contribution in [2.75, 3.05) is 6.54 Å². The molecule has 4 heteroatoms. The summed E-state index contributed by atoms with van der Waals surface area (Å²) in [4.78, 5) is 3.87. The highest BCUT2D eigenvalue weighted by Gasteiger charge is 2.03. The molecule has 0 aliphatic heterocycles. The van der Waals surface area contributed by atoms with Crippen LogP contribution in [-0.2, 0) is 0 Å². The number of pyridine rings is 1. The molecule has 0 saturated carbocycles. The number of rotatable bonds is 2. The van der Waals surface area contributed by atoms with Crippen molar-refractivity contribution in [1.82, 2.24) is 4.98 Å². The van der Waals surface area contributed by atoms with Crippen molar-refractivity contribution < 1.29 is 0 Å². The normalized spacial score (nSPS) is 12.1. The van der Waals surface area contributed by atoms with E-state index in [1.54, 1.807) is 12.3 Å². The summed E-state index contributed by atoms with van der Waals surface area (Å²) in [5.41, 5.74) is 12.3. The topological polar surface area (TPSA) is 88.7 Å². The van der Waals surface area contributed by atoms with Crippen molar-refractivity contribution in [2.45, 2.75) is 6.04 Å². The van der Waals surface area contributed by atoms with E-state index >= 15 is 0 Å². The van der Waals surface area contributed by atoms with Gasteiger partial charge in [0.2, 0.25) is 0 Å². The van der Waals surface area contributed by atoms with Crippen LogP contribution in [0, 0.1) is 11.3 Å². The molecule has 62 valence electrons. The van der Waals surface area contributed by atoms with E-state index < -0.39 is 0 Å². The molecule has 0 fully saturated rings. The first-order chi connectivity index (χ1) is 5.77. The van der Waals surface area contributed by atoms with Crippen LogP contribution in [0.3, 0.4) is 0 Å². The Bertz CT molecular complexity index is 302. The number of nitrogens with zero attached hydrogens (tertiary/aromatic N) is 2. The van der Waals surface area contributed by atoms with Crippen molar-refractivity contribution >= 4 is 0 Å². The minimum absolute atomic E-state index is 0.231. The first kappa shape index (κ1) is 8.65. The predicted molar refractivity (Wildman–Crippen MR) is 44.9 cm³/mol. The number of nitrogens with two attached hydrogens (primary N) is 2. The Labute approximate surface area is 70.8 Å². The van der Waals surface area contributed by atoms with E-state index in [9.17, 15) is 0 Å². The third-order valence-corrected chi connectivity index (χ3v) is 1.57. The van der Waals surface area contributed by atoms with Crippen LogP contribution in [0.1, 0.15) is 17.2 Å². The molecule has 1 atom stereocenters. The Morgan fingerprint density at radius 2 is 2.33 bits per heavy atom. The van der Waals surface area contributed by atoms with Crippen LogP contribution in [0.15, 0.2) is 18.5 Å². The summed E-state index contributed by atoms with van der Waals surface area (Å²) in [7, 11) is 0. The molecule has 0 saturated heterocycles. The third-order valence-electron chi connectivity index (χ3n) is 1.57. The number of aromatic nitrogens is 1. The van der Waals surface area contributed by atoms with Gasteiger partial charge < -0.3 is 11.5 Å². The summed E-state index contributed by atoms with van der Waals surface area (Å²) < 4.78 is 0. The lowest BCUT2D eigenvalue weighted by molar-refractivity contribution is 0.732. The van der Waals surface area contributed by atoms with Gasteiger partial charge in [0, 0.05) is 25.0 Å². The molecule has 4 N–H and O–H groups in total. The second-order valence-corrected chi connectivity index (χ2v) is 2.46. The van der Waals surface area contributed by atoms with Crippen molar-refractivity contribution in [2.24, 2.45) is 11.5 Å². The molecule has 1 unspecified atom stereocenters. The van der Waals surface area contributed by atoms with Gasteiger partial charge in [0.05, 0.1) is 5.56 Å². The Kier molecular flexibility index (Phi) is 2.75. The predicted octanol–water partition coefficient (Wildman–Crippen LogP) is -0.0882. The molecule has 0 spiro atoms. The number of hydrogen-bond acceptors (Lipinski definition) is 4. The van der Waals surface area contributed by atoms with Crippen molar-refractivity contribution in [3.63, 3.8) is 0 Å². The van der Waals surface area contributed by atoms with Crippen LogP contribution in [0.25, 0.3) is 0 Å². The number of hydrogen-bond donors (Lipinski definition) is 2. The molecule has 0 bridgehead atoms. The van der Waals surface area contributed by atoms with Gasteiger partial charge in [-0.25, -0.2) is 0 Å². The molecule has 0 radical (unpaired) electrons. The van der Waals surface area contributed by atoms with Gasteiger partial charge in [-0.15, -0.1) is 0 Å². The minimum Gasteiger partial charge on any atom is -0.329 e. The van der Waals surface area contributed by atoms with Crippen molar-refractivity contribution in [3.8, 4) is 6.07 Å². The van der Waals surface area contributed by atoms with Crippen molar-refractivity contribution in [3.05, 3.63) is 29.6 Å². The fraction of sp³-hybridized carbons (Fsp3) is 0.250. The summed E-state index contributed by atoms with van der Waals surface area (Å²) in [6, 6.07) is 3.46. The molecular formula is C8H10N4. The van der Waals surface area contributed by atoms with E-state index in [1.807, 2.05) is 6.07 Å². The average molecular weight is 162 g/mol. The molecule has 12 heavy (non-hydrogen) atoms. The van der Waals surface area contributed by atoms with E-state index in [0.717, 1.165) is 5.56 Å². The van der Waals surface area contributed by atoms with Gasteiger partial charge >= 0.3 is 0 Å². The molecule has 0 amide bonds. The maximum absolute atomic E-state index is 8.55. The van der Waals surface area contributed by atoms with Crippen LogP contribution < -0.4 is 11.5 Å². The Morgan fingerprint density at radius 3 is 2.92 bits per heavy atom. The van der Waals surface area contributed by atoms with Gasteiger partial charge in [-0.1, -0.05) is 0 Å². The summed E-state index contributed by atoms with van der Waals surface area (Å²) in [6.07, 6.45) is 3.12. The lowest BCUT2D eigenvalue weighted by Crippen LogP contribution is -2.20. The average Bonchev–Trinajstić information content (AvgIpc) is 2.17. The van der Waals surface area contributed by atoms with Gasteiger partial charge in [0.15, 0.2) is 0 Å². The molecule has 1 heterocycles. The summed E-state index contributed by atoms with van der Waals surface area (Å²) in [5, 5.41) is 8.55. The highest BCUT2D eigenvalue weighted by molar-refractivity contribution is 5.30. The molecular weight excluding hydrogens is 152 g/mol. The Balaban J connectivity index is 2.95. The minimum atomic E-state index is -0.231. The van der Waals surface area contributed by atoms with E-state index in [0.29, 0.717) is 12.1 Å². The SMILES string of the molecule is N#Cc1cncc(C(N)CN)c1. The monoisotopic (exact) mass is 162 g/mol. The van der Waals surface area contributed by atoms with E-state index in [-0.39, 0.29) is 6.04 Å². The summed E-state index contributed by atoms with van der Waals surface area (Å²) in [5.74, 6) is 0. The first-order valence-electron chi connectivity index (χ1n) is 3.58. The quantitative estimate of drug-likeness (QED) is 0.636. The van der Waals surface area contributed by atoms with E-state index in [1.165, 1.54) is 6.20 Å². The highest BCUT2D eigenvalue weighted by Crippen LogP contribution is 2.08. The second-order valence-electron chi connectivity index (χ2n) is 2.46. The zero-order chi connectivity index (χ0) is 8.97. The van der Waals surface area contributed by atoms with Crippen LogP contribution >= 0.6 is 0 Å². The standard InChI is InChI=1S/C8H10N4/c9-2-6-1-7(5-12-4-6)8(11)3-10/h1,4-5,8H,3,10-11H2. The Morgan fingerprint density at radius 1 is 1.58 bits per heavy atom. The zero-order valence-electron chi connectivity index (χ0n) is 6.57. The third kappa shape index (κ3) is 1.78. The van der Waals surface area contributed by atoms with E-state index in [4.69, 9.17) is 16.7 Å². The van der Waals surface area contributed by atoms with Crippen LogP contribution in [0.2, 0.25) is 0 Å². The maximum Gasteiger partial charge on any atom is 0.101 e. The van der Waals surface area contributed by atoms with Crippen LogP contribution in [-0.4, -0.2) is 11.5 Å². The summed E-state index contributed by atoms with van der Waals surface area (Å²) >= 11 is 0. The smallest absolute Gasteiger partial charge is 0.101 e. The van der Waals surface area contributed by atoms with Crippen LogP contribution in [0.5, 0.6) is 0 Å². The van der Waals surface area contributed by atoms with Gasteiger partial charge in [-0.2, -0.15) is 5.26 Å². The fourth-order valence-corrected chi connectivity index (χ4v) is 0.858. The largest absolute Gasteiger partial charge is 0.329 e. The molecule has 0 aliphatic carbocycles. The lowest BCUT2D eigenvalue weighted by atomic mass is 10.1. The number of nitriles is 1. The Hall–Kier alpha value is -1.44. The highest BCUT2D eigenvalue weighted by atomic mass is 14.7. The van der Waals surface area contributed by atoms with Crippen molar-refractivity contribution in [1.29, 1.82) is 5.26 Å².